The average Bonchev–Trinajstić information content (AvgIpc) is 2.98. The van der Waals surface area contributed by atoms with Crippen molar-refractivity contribution in [1.82, 2.24) is 0 Å². The standard InChI is InChI=1S/C16H26O/c1-7-8(2)12-6-11(7)15-10-4-13(9(3)17)14(5-10)16(12)15/h7-17H,4-6H2,1-3H3. The molecule has 0 aromatic rings. The Morgan fingerprint density at radius 1 is 0.882 bits per heavy atom. The van der Waals surface area contributed by atoms with E-state index in [9.17, 15) is 5.11 Å². The van der Waals surface area contributed by atoms with Gasteiger partial charge in [0.1, 0.15) is 0 Å². The van der Waals surface area contributed by atoms with Crippen molar-refractivity contribution >= 4 is 0 Å². The largest absolute Gasteiger partial charge is 0.393 e. The van der Waals surface area contributed by atoms with Crippen LogP contribution in [0.2, 0.25) is 0 Å². The van der Waals surface area contributed by atoms with E-state index in [0.717, 1.165) is 47.3 Å². The average molecular weight is 234 g/mol. The topological polar surface area (TPSA) is 20.2 Å². The van der Waals surface area contributed by atoms with Gasteiger partial charge in [0.05, 0.1) is 6.10 Å². The lowest BCUT2D eigenvalue weighted by atomic mass is 9.61. The Bertz CT molecular complexity index is 336. The first-order chi connectivity index (χ1) is 8.09. The Balaban J connectivity index is 1.66. The molecular formula is C16H26O. The highest BCUT2D eigenvalue weighted by molar-refractivity contribution is 5.14. The monoisotopic (exact) mass is 234 g/mol. The van der Waals surface area contributed by atoms with Gasteiger partial charge in [0.15, 0.2) is 0 Å². The zero-order valence-electron chi connectivity index (χ0n) is 11.3. The molecular weight excluding hydrogens is 208 g/mol. The maximum atomic E-state index is 9.98. The molecule has 0 spiro atoms. The summed E-state index contributed by atoms with van der Waals surface area (Å²) in [6, 6.07) is 0. The van der Waals surface area contributed by atoms with Crippen LogP contribution in [0.25, 0.3) is 0 Å². The highest BCUT2D eigenvalue weighted by Crippen LogP contribution is 2.71. The molecule has 4 saturated carbocycles. The molecule has 0 aliphatic heterocycles. The van der Waals surface area contributed by atoms with Crippen molar-refractivity contribution in [3.63, 3.8) is 0 Å². The second kappa shape index (κ2) is 3.29. The highest BCUT2D eigenvalue weighted by Gasteiger charge is 2.65. The maximum Gasteiger partial charge on any atom is 0.0543 e. The Morgan fingerprint density at radius 2 is 1.53 bits per heavy atom. The van der Waals surface area contributed by atoms with Gasteiger partial charge in [-0.15, -0.1) is 0 Å². The van der Waals surface area contributed by atoms with Crippen LogP contribution in [0.3, 0.4) is 0 Å². The molecule has 17 heavy (non-hydrogen) atoms. The molecule has 1 heteroatoms. The molecule has 4 aliphatic carbocycles. The summed E-state index contributed by atoms with van der Waals surface area (Å²) in [4.78, 5) is 0. The van der Waals surface area contributed by atoms with Gasteiger partial charge < -0.3 is 5.11 Å². The predicted octanol–water partition coefficient (Wildman–Crippen LogP) is 3.18. The SMILES string of the molecule is CC(O)C1CC2CC1C1C3CC(C(C)C3C)C21. The second-order valence-corrected chi connectivity index (χ2v) is 7.74. The molecule has 4 fully saturated rings. The van der Waals surface area contributed by atoms with Gasteiger partial charge in [-0.05, 0) is 79.4 Å². The maximum absolute atomic E-state index is 9.98. The van der Waals surface area contributed by atoms with E-state index in [-0.39, 0.29) is 6.10 Å². The molecule has 4 bridgehead atoms. The molecule has 1 nitrogen and oxygen atoms in total. The summed E-state index contributed by atoms with van der Waals surface area (Å²) < 4.78 is 0. The Hall–Kier alpha value is -0.0400. The quantitative estimate of drug-likeness (QED) is 0.691. The van der Waals surface area contributed by atoms with Gasteiger partial charge in [0.2, 0.25) is 0 Å². The second-order valence-electron chi connectivity index (χ2n) is 7.74. The summed E-state index contributed by atoms with van der Waals surface area (Å²) in [5.74, 6) is 8.56. The normalized spacial score (nSPS) is 65.3. The van der Waals surface area contributed by atoms with E-state index in [1.807, 2.05) is 6.92 Å². The first-order valence-electron chi connectivity index (χ1n) is 7.77. The number of aliphatic hydroxyl groups excluding tert-OH is 1. The lowest BCUT2D eigenvalue weighted by Crippen LogP contribution is -2.40. The number of hydrogen-bond acceptors (Lipinski definition) is 1. The van der Waals surface area contributed by atoms with E-state index >= 15 is 0 Å². The molecule has 96 valence electrons. The van der Waals surface area contributed by atoms with Crippen molar-refractivity contribution in [2.45, 2.75) is 46.1 Å². The summed E-state index contributed by atoms with van der Waals surface area (Å²) in [5.41, 5.74) is 0. The summed E-state index contributed by atoms with van der Waals surface area (Å²) in [6.45, 7) is 7.03. The molecule has 4 rings (SSSR count). The van der Waals surface area contributed by atoms with Crippen molar-refractivity contribution in [2.24, 2.45) is 53.3 Å². The summed E-state index contributed by atoms with van der Waals surface area (Å²) in [6.07, 6.45) is 4.26. The zero-order chi connectivity index (χ0) is 11.9. The van der Waals surface area contributed by atoms with Crippen LogP contribution in [-0.2, 0) is 0 Å². The van der Waals surface area contributed by atoms with Crippen LogP contribution in [0.4, 0.5) is 0 Å². The fourth-order valence-corrected chi connectivity index (χ4v) is 6.83. The molecule has 10 unspecified atom stereocenters. The number of fused-ring (bicyclic) bond motifs is 9. The van der Waals surface area contributed by atoms with Crippen LogP contribution in [0.5, 0.6) is 0 Å². The van der Waals surface area contributed by atoms with Crippen molar-refractivity contribution < 1.29 is 5.11 Å². The third-order valence-corrected chi connectivity index (χ3v) is 7.52. The number of hydrogen-bond donors (Lipinski definition) is 1. The van der Waals surface area contributed by atoms with Crippen molar-refractivity contribution in [1.29, 1.82) is 0 Å². The lowest BCUT2D eigenvalue weighted by Gasteiger charge is -2.44. The van der Waals surface area contributed by atoms with Crippen LogP contribution >= 0.6 is 0 Å². The first kappa shape index (κ1) is 10.8. The van der Waals surface area contributed by atoms with Crippen molar-refractivity contribution in [3.8, 4) is 0 Å². The van der Waals surface area contributed by atoms with Gasteiger partial charge in [0.25, 0.3) is 0 Å². The highest BCUT2D eigenvalue weighted by atomic mass is 16.3. The smallest absolute Gasteiger partial charge is 0.0543 e. The Labute approximate surface area is 105 Å². The van der Waals surface area contributed by atoms with E-state index in [0.29, 0.717) is 5.92 Å². The van der Waals surface area contributed by atoms with Gasteiger partial charge in [-0.2, -0.15) is 0 Å². The third-order valence-electron chi connectivity index (χ3n) is 7.52. The van der Waals surface area contributed by atoms with E-state index in [4.69, 9.17) is 0 Å². The molecule has 0 aromatic carbocycles. The summed E-state index contributed by atoms with van der Waals surface area (Å²) in [7, 11) is 0. The molecule has 0 amide bonds. The third kappa shape index (κ3) is 1.15. The van der Waals surface area contributed by atoms with Gasteiger partial charge in [-0.3, -0.25) is 0 Å². The number of aliphatic hydroxyl groups is 1. The van der Waals surface area contributed by atoms with Gasteiger partial charge in [-0.1, -0.05) is 13.8 Å². The molecule has 0 heterocycles. The molecule has 0 aromatic heterocycles. The van der Waals surface area contributed by atoms with Gasteiger partial charge in [0, 0.05) is 0 Å². The van der Waals surface area contributed by atoms with E-state index in [2.05, 4.69) is 13.8 Å². The van der Waals surface area contributed by atoms with Crippen LogP contribution in [0.1, 0.15) is 40.0 Å². The van der Waals surface area contributed by atoms with Crippen LogP contribution in [0.15, 0.2) is 0 Å². The van der Waals surface area contributed by atoms with E-state index in [1.54, 1.807) is 0 Å². The molecule has 4 aliphatic rings. The van der Waals surface area contributed by atoms with Gasteiger partial charge >= 0.3 is 0 Å². The van der Waals surface area contributed by atoms with Crippen molar-refractivity contribution in [2.75, 3.05) is 0 Å². The van der Waals surface area contributed by atoms with E-state index in [1.165, 1.54) is 19.3 Å². The fourth-order valence-electron chi connectivity index (χ4n) is 6.83. The molecule has 0 radical (unpaired) electrons. The zero-order valence-corrected chi connectivity index (χ0v) is 11.3. The minimum Gasteiger partial charge on any atom is -0.393 e. The van der Waals surface area contributed by atoms with Gasteiger partial charge in [-0.25, -0.2) is 0 Å². The number of rotatable bonds is 1. The predicted molar refractivity (Wildman–Crippen MR) is 68.3 cm³/mol. The Morgan fingerprint density at radius 3 is 2.18 bits per heavy atom. The first-order valence-corrected chi connectivity index (χ1v) is 7.77. The van der Waals surface area contributed by atoms with E-state index < -0.39 is 0 Å². The Kier molecular flexibility index (Phi) is 2.10. The minimum atomic E-state index is -0.0576. The molecule has 10 atom stereocenters. The van der Waals surface area contributed by atoms with Crippen LogP contribution in [-0.4, -0.2) is 11.2 Å². The summed E-state index contributed by atoms with van der Waals surface area (Å²) in [5, 5.41) is 9.98. The summed E-state index contributed by atoms with van der Waals surface area (Å²) >= 11 is 0. The fraction of sp³-hybridized carbons (Fsp3) is 1.00. The van der Waals surface area contributed by atoms with Crippen molar-refractivity contribution in [3.05, 3.63) is 0 Å². The minimum absolute atomic E-state index is 0.0576. The van der Waals surface area contributed by atoms with Crippen LogP contribution < -0.4 is 0 Å². The molecule has 1 N–H and O–H groups in total. The lowest BCUT2D eigenvalue weighted by molar-refractivity contribution is 0.00250. The van der Waals surface area contributed by atoms with Crippen LogP contribution in [0, 0.1) is 53.3 Å². The molecule has 0 saturated heterocycles.